The molecule has 1 atom stereocenters. The Bertz CT molecular complexity index is 786. The van der Waals surface area contributed by atoms with E-state index in [1.54, 1.807) is 7.11 Å². The zero-order valence-corrected chi connectivity index (χ0v) is 16.6. The van der Waals surface area contributed by atoms with Crippen molar-refractivity contribution in [3.05, 3.63) is 47.3 Å². The van der Waals surface area contributed by atoms with E-state index in [4.69, 9.17) is 14.5 Å². The van der Waals surface area contributed by atoms with E-state index in [2.05, 4.69) is 35.2 Å². The predicted octanol–water partition coefficient (Wildman–Crippen LogP) is 2.28. The van der Waals surface area contributed by atoms with Gasteiger partial charge in [0, 0.05) is 31.9 Å². The molecule has 0 amide bonds. The van der Waals surface area contributed by atoms with Gasteiger partial charge in [-0.05, 0) is 37.1 Å². The van der Waals surface area contributed by atoms with Crippen molar-refractivity contribution in [2.24, 2.45) is 12.0 Å². The highest BCUT2D eigenvalue weighted by Crippen LogP contribution is 2.22. The first-order valence-electron chi connectivity index (χ1n) is 9.37. The minimum Gasteiger partial charge on any atom is -0.497 e. The second kappa shape index (κ2) is 8.90. The number of aliphatic imine (C=N–C) groups is 1. The summed E-state index contributed by atoms with van der Waals surface area (Å²) < 4.78 is 13.1. The van der Waals surface area contributed by atoms with E-state index >= 15 is 0 Å². The van der Waals surface area contributed by atoms with Crippen LogP contribution in [0.4, 0.5) is 0 Å². The number of guanidine groups is 1. The molecule has 1 aromatic heterocycles. The first-order chi connectivity index (χ1) is 13.1. The maximum absolute atomic E-state index is 5.95. The number of morpholine rings is 1. The molecule has 2 heterocycles. The molecule has 27 heavy (non-hydrogen) atoms. The third kappa shape index (κ3) is 5.01. The van der Waals surface area contributed by atoms with Crippen LogP contribution < -0.4 is 10.1 Å². The predicted molar refractivity (Wildman–Crippen MR) is 106 cm³/mol. The molecule has 0 saturated carbocycles. The highest BCUT2D eigenvalue weighted by Gasteiger charge is 2.25. The molecule has 0 aliphatic carbocycles. The van der Waals surface area contributed by atoms with Gasteiger partial charge in [0.1, 0.15) is 11.9 Å². The minimum atomic E-state index is 0.00960. The van der Waals surface area contributed by atoms with Gasteiger partial charge in [0.05, 0.1) is 33.0 Å². The molecule has 0 spiro atoms. The van der Waals surface area contributed by atoms with Crippen LogP contribution in [0.3, 0.4) is 0 Å². The molecule has 0 bridgehead atoms. The number of hydrogen-bond donors (Lipinski definition) is 1. The van der Waals surface area contributed by atoms with Crippen LogP contribution in [0.1, 0.15) is 29.7 Å². The van der Waals surface area contributed by atoms with Crippen LogP contribution in [0, 0.1) is 6.92 Å². The van der Waals surface area contributed by atoms with Gasteiger partial charge in [-0.2, -0.15) is 5.10 Å². The molecule has 7 nitrogen and oxygen atoms in total. The van der Waals surface area contributed by atoms with Crippen LogP contribution in [0.25, 0.3) is 0 Å². The average Bonchev–Trinajstić information content (AvgIpc) is 3.11. The summed E-state index contributed by atoms with van der Waals surface area (Å²) in [5, 5.41) is 7.67. The highest BCUT2D eigenvalue weighted by molar-refractivity contribution is 5.80. The van der Waals surface area contributed by atoms with Crippen molar-refractivity contribution in [3.63, 3.8) is 0 Å². The van der Waals surface area contributed by atoms with Crippen LogP contribution >= 0.6 is 0 Å². The summed E-state index contributed by atoms with van der Waals surface area (Å²) in [6.07, 6.45) is 3.89. The second-order valence-corrected chi connectivity index (χ2v) is 6.78. The Balaban J connectivity index is 1.74. The Kier molecular flexibility index (Phi) is 6.34. The lowest BCUT2D eigenvalue weighted by molar-refractivity contribution is -0.00805. The fraction of sp³-hybridized carbons (Fsp3) is 0.500. The minimum absolute atomic E-state index is 0.00960. The molecule has 1 aromatic carbocycles. The molecular formula is C20H29N5O2. The summed E-state index contributed by atoms with van der Waals surface area (Å²) in [6, 6.07) is 6.21. The summed E-state index contributed by atoms with van der Waals surface area (Å²) in [5.41, 5.74) is 3.41. The number of aromatic nitrogens is 2. The largest absolute Gasteiger partial charge is 0.497 e. The van der Waals surface area contributed by atoms with E-state index in [0.717, 1.165) is 42.5 Å². The Morgan fingerprint density at radius 1 is 1.41 bits per heavy atom. The topological polar surface area (TPSA) is 63.9 Å². The quantitative estimate of drug-likeness (QED) is 0.645. The molecule has 1 N–H and O–H groups in total. The molecule has 7 heteroatoms. The van der Waals surface area contributed by atoms with Gasteiger partial charge in [-0.3, -0.25) is 4.68 Å². The second-order valence-electron chi connectivity index (χ2n) is 6.78. The molecule has 1 aliphatic rings. The Hall–Kier alpha value is -2.54. The van der Waals surface area contributed by atoms with Gasteiger partial charge < -0.3 is 19.7 Å². The monoisotopic (exact) mass is 371 g/mol. The number of rotatable bonds is 5. The van der Waals surface area contributed by atoms with Crippen molar-refractivity contribution >= 4 is 5.96 Å². The van der Waals surface area contributed by atoms with Crippen LogP contribution in [-0.4, -0.2) is 54.0 Å². The lowest BCUT2D eigenvalue weighted by Crippen LogP contribution is -2.48. The lowest BCUT2D eigenvalue weighted by Gasteiger charge is -2.34. The number of methoxy groups -OCH3 is 1. The van der Waals surface area contributed by atoms with Crippen LogP contribution in [-0.2, 0) is 18.3 Å². The molecule has 3 rings (SSSR count). The number of benzene rings is 1. The van der Waals surface area contributed by atoms with Gasteiger partial charge in [-0.1, -0.05) is 6.07 Å². The summed E-state index contributed by atoms with van der Waals surface area (Å²) >= 11 is 0. The molecular weight excluding hydrogens is 342 g/mol. The normalized spacial score (nSPS) is 17.9. The van der Waals surface area contributed by atoms with E-state index in [1.165, 1.54) is 5.56 Å². The Morgan fingerprint density at radius 3 is 2.96 bits per heavy atom. The van der Waals surface area contributed by atoms with Crippen LogP contribution in [0.15, 0.2) is 35.6 Å². The van der Waals surface area contributed by atoms with Crippen molar-refractivity contribution in [1.29, 1.82) is 0 Å². The third-order valence-corrected chi connectivity index (χ3v) is 4.56. The molecule has 1 fully saturated rings. The molecule has 146 valence electrons. The SMILES string of the molecule is CCNC(=NCc1cc(C)cc(OC)c1)N1CCOC(c2cnn(C)c2)C1. The summed E-state index contributed by atoms with van der Waals surface area (Å²) in [5.74, 6) is 1.78. The number of nitrogens with one attached hydrogen (secondary N) is 1. The molecule has 1 aliphatic heterocycles. The molecule has 1 saturated heterocycles. The molecule has 1 unspecified atom stereocenters. The van der Waals surface area contributed by atoms with Crippen LogP contribution in [0.2, 0.25) is 0 Å². The number of aryl methyl sites for hydroxylation is 2. The molecule has 2 aromatic rings. The lowest BCUT2D eigenvalue weighted by atomic mass is 10.1. The van der Waals surface area contributed by atoms with Gasteiger partial charge in [-0.15, -0.1) is 0 Å². The van der Waals surface area contributed by atoms with E-state index in [0.29, 0.717) is 13.2 Å². The van der Waals surface area contributed by atoms with Crippen LogP contribution in [0.5, 0.6) is 5.75 Å². The number of hydrogen-bond acceptors (Lipinski definition) is 4. The van der Waals surface area contributed by atoms with Crippen molar-refractivity contribution < 1.29 is 9.47 Å². The first kappa shape index (κ1) is 19.2. The van der Waals surface area contributed by atoms with E-state index in [9.17, 15) is 0 Å². The summed E-state index contributed by atoms with van der Waals surface area (Å²) in [7, 11) is 3.62. The van der Waals surface area contributed by atoms with E-state index in [-0.39, 0.29) is 6.10 Å². The Morgan fingerprint density at radius 2 is 2.26 bits per heavy atom. The first-order valence-corrected chi connectivity index (χ1v) is 9.37. The fourth-order valence-electron chi connectivity index (χ4n) is 3.28. The number of nitrogens with zero attached hydrogens (tertiary/aromatic N) is 4. The van der Waals surface area contributed by atoms with Gasteiger partial charge >= 0.3 is 0 Å². The van der Waals surface area contributed by atoms with E-state index < -0.39 is 0 Å². The maximum atomic E-state index is 5.95. The molecule has 0 radical (unpaired) electrons. The van der Waals surface area contributed by atoms with Crippen molar-refractivity contribution in [2.75, 3.05) is 33.4 Å². The van der Waals surface area contributed by atoms with Gasteiger partial charge in [0.2, 0.25) is 0 Å². The van der Waals surface area contributed by atoms with Gasteiger partial charge in [0.25, 0.3) is 0 Å². The average molecular weight is 371 g/mol. The fourth-order valence-corrected chi connectivity index (χ4v) is 3.28. The zero-order chi connectivity index (χ0) is 19.2. The standard InChI is InChI=1S/C20H29N5O2/c1-5-21-20(22-11-16-8-15(2)9-18(10-16)26-4)25-6-7-27-19(14-25)17-12-23-24(3)13-17/h8-10,12-13,19H,5-7,11,14H2,1-4H3,(H,21,22). The Labute approximate surface area is 161 Å². The van der Waals surface area contributed by atoms with Gasteiger partial charge in [-0.25, -0.2) is 4.99 Å². The summed E-state index contributed by atoms with van der Waals surface area (Å²) in [6.45, 7) is 7.84. The highest BCUT2D eigenvalue weighted by atomic mass is 16.5. The third-order valence-electron chi connectivity index (χ3n) is 4.56. The van der Waals surface area contributed by atoms with Gasteiger partial charge in [0.15, 0.2) is 5.96 Å². The smallest absolute Gasteiger partial charge is 0.194 e. The maximum Gasteiger partial charge on any atom is 0.194 e. The zero-order valence-electron chi connectivity index (χ0n) is 16.6. The van der Waals surface area contributed by atoms with Crippen molar-refractivity contribution in [3.8, 4) is 5.75 Å². The van der Waals surface area contributed by atoms with Crippen molar-refractivity contribution in [2.45, 2.75) is 26.5 Å². The van der Waals surface area contributed by atoms with E-state index in [1.807, 2.05) is 36.3 Å². The van der Waals surface area contributed by atoms with Crippen molar-refractivity contribution in [1.82, 2.24) is 20.0 Å². The summed E-state index contributed by atoms with van der Waals surface area (Å²) in [4.78, 5) is 7.12. The number of ether oxygens (including phenoxy) is 2.